The number of benzene rings is 3. The molecule has 0 aliphatic carbocycles. The zero-order valence-electron chi connectivity index (χ0n) is 17.3. The molecule has 0 saturated carbocycles. The molecule has 1 aromatic heterocycles. The van der Waals surface area contributed by atoms with E-state index in [1.165, 1.54) is 19.1 Å². The van der Waals surface area contributed by atoms with Gasteiger partial charge in [-0.2, -0.15) is 4.98 Å². The Morgan fingerprint density at radius 3 is 2.42 bits per heavy atom. The van der Waals surface area contributed by atoms with Gasteiger partial charge in [-0.25, -0.2) is 13.2 Å². The molecule has 4 aromatic rings. The summed E-state index contributed by atoms with van der Waals surface area (Å²) in [5, 5.41) is 0.504. The van der Waals surface area contributed by atoms with Crippen LogP contribution in [0, 0.1) is 17.5 Å². The molecule has 0 N–H and O–H groups in total. The Kier molecular flexibility index (Phi) is 6.15. The van der Waals surface area contributed by atoms with Gasteiger partial charge in [0.25, 0.3) is 5.91 Å². The van der Waals surface area contributed by atoms with Gasteiger partial charge in [0.05, 0.1) is 0 Å². The number of carbonyl (C=O) groups excluding carboxylic acids is 1. The number of hydrogen-bond acceptors (Lipinski definition) is 5. The summed E-state index contributed by atoms with van der Waals surface area (Å²) >= 11 is 5.92. The van der Waals surface area contributed by atoms with Crippen LogP contribution in [0.5, 0.6) is 17.6 Å². The van der Waals surface area contributed by atoms with E-state index in [0.29, 0.717) is 38.6 Å². The highest BCUT2D eigenvalue weighted by Gasteiger charge is 2.26. The quantitative estimate of drug-likeness (QED) is 0.314. The van der Waals surface area contributed by atoms with Gasteiger partial charge in [-0.1, -0.05) is 11.6 Å². The fraction of sp³-hybridized carbons (Fsp3) is 0.130. The van der Waals surface area contributed by atoms with Gasteiger partial charge in [-0.05, 0) is 55.5 Å². The first kappa shape index (κ1) is 22.5. The number of likely N-dealkylation sites (N-methyl/N-ethyl adjacent to an activating group) is 1. The zero-order valence-corrected chi connectivity index (χ0v) is 18.1. The lowest BCUT2D eigenvalue weighted by Gasteiger charge is -2.23. The SMILES string of the molecule is C[C@@H](Oc1ccc(Oc2nc3ccc(Cl)cc3o2)cc1)C(=O)N(C)c1c(F)ccc(F)c1F. The molecule has 1 amide bonds. The normalized spacial score (nSPS) is 11.9. The van der Waals surface area contributed by atoms with Crippen molar-refractivity contribution < 1.29 is 31.9 Å². The Labute approximate surface area is 191 Å². The van der Waals surface area contributed by atoms with Gasteiger partial charge in [0, 0.05) is 18.1 Å². The number of carbonyl (C=O) groups is 1. The van der Waals surface area contributed by atoms with Crippen molar-refractivity contribution >= 4 is 34.3 Å². The van der Waals surface area contributed by atoms with Crippen LogP contribution in [0.15, 0.2) is 59.0 Å². The number of nitrogens with zero attached hydrogens (tertiary/aromatic N) is 2. The van der Waals surface area contributed by atoms with Crippen molar-refractivity contribution in [3.05, 3.63) is 77.1 Å². The minimum absolute atomic E-state index is 0.0188. The molecule has 4 rings (SSSR count). The molecule has 0 radical (unpaired) electrons. The molecule has 0 aliphatic rings. The molecule has 0 bridgehead atoms. The number of rotatable bonds is 6. The van der Waals surface area contributed by atoms with Crippen molar-refractivity contribution in [3.8, 4) is 17.6 Å². The average Bonchev–Trinajstić information content (AvgIpc) is 3.18. The molecule has 1 atom stereocenters. The first-order valence-corrected chi connectivity index (χ1v) is 10.0. The van der Waals surface area contributed by atoms with E-state index in [1.807, 2.05) is 0 Å². The molecule has 0 fully saturated rings. The summed E-state index contributed by atoms with van der Waals surface area (Å²) in [5.74, 6) is -3.89. The predicted molar refractivity (Wildman–Crippen MR) is 115 cm³/mol. The van der Waals surface area contributed by atoms with Crippen molar-refractivity contribution in [1.29, 1.82) is 0 Å². The lowest BCUT2D eigenvalue weighted by molar-refractivity contribution is -0.124. The van der Waals surface area contributed by atoms with Crippen LogP contribution in [0.4, 0.5) is 18.9 Å². The van der Waals surface area contributed by atoms with E-state index in [2.05, 4.69) is 4.98 Å². The Bertz CT molecular complexity index is 1330. The topological polar surface area (TPSA) is 64.8 Å². The average molecular weight is 477 g/mol. The summed E-state index contributed by atoms with van der Waals surface area (Å²) in [5.41, 5.74) is 0.260. The van der Waals surface area contributed by atoms with E-state index in [1.54, 1.807) is 30.3 Å². The number of halogens is 4. The van der Waals surface area contributed by atoms with Crippen LogP contribution in [0.2, 0.25) is 5.02 Å². The maximum atomic E-state index is 14.0. The second-order valence-electron chi connectivity index (χ2n) is 7.01. The van der Waals surface area contributed by atoms with E-state index in [9.17, 15) is 18.0 Å². The van der Waals surface area contributed by atoms with E-state index >= 15 is 0 Å². The highest BCUT2D eigenvalue weighted by Crippen LogP contribution is 2.29. The van der Waals surface area contributed by atoms with Gasteiger partial charge < -0.3 is 18.8 Å². The Balaban J connectivity index is 1.42. The van der Waals surface area contributed by atoms with Gasteiger partial charge in [0.15, 0.2) is 23.3 Å². The largest absolute Gasteiger partial charge is 0.481 e. The third-order valence-corrected chi connectivity index (χ3v) is 4.94. The van der Waals surface area contributed by atoms with E-state index in [-0.39, 0.29) is 6.08 Å². The fourth-order valence-electron chi connectivity index (χ4n) is 3.07. The number of amides is 1. The summed E-state index contributed by atoms with van der Waals surface area (Å²) in [6.45, 7) is 1.40. The molecule has 0 saturated heterocycles. The lowest BCUT2D eigenvalue weighted by Crippen LogP contribution is -2.39. The molecule has 33 heavy (non-hydrogen) atoms. The molecule has 1 heterocycles. The Morgan fingerprint density at radius 1 is 1.03 bits per heavy atom. The molecule has 0 unspecified atom stereocenters. The summed E-state index contributed by atoms with van der Waals surface area (Å²) < 4.78 is 58.0. The number of oxazole rings is 1. The number of ether oxygens (including phenoxy) is 2. The van der Waals surface area contributed by atoms with Gasteiger partial charge in [0.2, 0.25) is 0 Å². The van der Waals surface area contributed by atoms with Crippen molar-refractivity contribution in [2.24, 2.45) is 0 Å². The second-order valence-corrected chi connectivity index (χ2v) is 7.45. The molecule has 170 valence electrons. The third kappa shape index (κ3) is 4.73. The van der Waals surface area contributed by atoms with Crippen LogP contribution >= 0.6 is 11.6 Å². The Morgan fingerprint density at radius 2 is 1.70 bits per heavy atom. The van der Waals surface area contributed by atoms with Crippen LogP contribution in [0.3, 0.4) is 0 Å². The molecule has 6 nitrogen and oxygen atoms in total. The van der Waals surface area contributed by atoms with Crippen LogP contribution in [0.25, 0.3) is 11.1 Å². The van der Waals surface area contributed by atoms with Crippen molar-refractivity contribution in [1.82, 2.24) is 4.98 Å². The van der Waals surface area contributed by atoms with Crippen LogP contribution < -0.4 is 14.4 Å². The van der Waals surface area contributed by atoms with Crippen LogP contribution in [-0.2, 0) is 4.79 Å². The van der Waals surface area contributed by atoms with Crippen molar-refractivity contribution in [2.75, 3.05) is 11.9 Å². The highest BCUT2D eigenvalue weighted by molar-refractivity contribution is 6.31. The molecule has 0 aliphatic heterocycles. The first-order valence-electron chi connectivity index (χ1n) is 9.64. The Hall–Kier alpha value is -3.72. The minimum Gasteiger partial charge on any atom is -0.481 e. The fourth-order valence-corrected chi connectivity index (χ4v) is 3.23. The number of anilines is 1. The van der Waals surface area contributed by atoms with Crippen LogP contribution in [0.1, 0.15) is 6.92 Å². The van der Waals surface area contributed by atoms with Gasteiger partial charge in [0.1, 0.15) is 28.5 Å². The maximum absolute atomic E-state index is 14.0. The minimum atomic E-state index is -1.46. The molecule has 10 heteroatoms. The highest BCUT2D eigenvalue weighted by atomic mass is 35.5. The smallest absolute Gasteiger partial charge is 0.400 e. The summed E-state index contributed by atoms with van der Waals surface area (Å²) in [6, 6.07) is 12.6. The van der Waals surface area contributed by atoms with Crippen LogP contribution in [-0.4, -0.2) is 24.0 Å². The van der Waals surface area contributed by atoms with Crippen molar-refractivity contribution in [3.63, 3.8) is 0 Å². The summed E-state index contributed by atoms with van der Waals surface area (Å²) in [4.78, 5) is 17.4. The van der Waals surface area contributed by atoms with E-state index in [0.717, 1.165) is 13.1 Å². The molecule has 0 spiro atoms. The molecular formula is C23H16ClF3N2O4. The molecular weight excluding hydrogens is 461 g/mol. The van der Waals surface area contributed by atoms with Gasteiger partial charge >= 0.3 is 6.08 Å². The number of aromatic nitrogens is 1. The number of hydrogen-bond donors (Lipinski definition) is 0. The summed E-state index contributed by atoms with van der Waals surface area (Å²) in [7, 11) is 1.13. The third-order valence-electron chi connectivity index (χ3n) is 4.71. The lowest BCUT2D eigenvalue weighted by atomic mass is 10.2. The summed E-state index contributed by atoms with van der Waals surface area (Å²) in [6.07, 6.45) is -1.10. The monoisotopic (exact) mass is 476 g/mol. The van der Waals surface area contributed by atoms with Gasteiger partial charge in [-0.3, -0.25) is 4.79 Å². The maximum Gasteiger partial charge on any atom is 0.400 e. The van der Waals surface area contributed by atoms with E-state index < -0.39 is 35.2 Å². The first-order chi connectivity index (χ1) is 15.7. The van der Waals surface area contributed by atoms with Crippen molar-refractivity contribution in [2.45, 2.75) is 13.0 Å². The molecule has 3 aromatic carbocycles. The standard InChI is InChI=1S/C23H16ClF3N2O4/c1-12(22(30)29(2)21-17(26)9-8-16(25)20(21)27)31-14-4-6-15(7-5-14)32-23-28-18-10-3-13(24)11-19(18)33-23/h3-12H,1-2H3/t12-/m1/s1. The zero-order chi connectivity index (χ0) is 23.7. The van der Waals surface area contributed by atoms with Gasteiger partial charge in [-0.15, -0.1) is 0 Å². The van der Waals surface area contributed by atoms with E-state index in [4.69, 9.17) is 25.5 Å². The second kappa shape index (κ2) is 9.03. The predicted octanol–water partition coefficient (Wildman–Crippen LogP) is 6.12. The number of fused-ring (bicyclic) bond motifs is 1.